The maximum Gasteiger partial charge on any atom is 0.261 e. The van der Waals surface area contributed by atoms with Gasteiger partial charge in [-0.1, -0.05) is 38.5 Å². The Labute approximate surface area is 133 Å². The van der Waals surface area contributed by atoms with Crippen molar-refractivity contribution in [2.24, 2.45) is 11.8 Å². The lowest BCUT2D eigenvalue weighted by Gasteiger charge is -2.25. The van der Waals surface area contributed by atoms with Crippen molar-refractivity contribution in [1.29, 1.82) is 0 Å². The molecule has 3 rings (SSSR count). The third kappa shape index (κ3) is 3.13. The van der Waals surface area contributed by atoms with Gasteiger partial charge >= 0.3 is 0 Å². The van der Waals surface area contributed by atoms with Crippen LogP contribution in [0.2, 0.25) is 0 Å². The summed E-state index contributed by atoms with van der Waals surface area (Å²) in [6, 6.07) is 8.37. The molecule has 1 aromatic rings. The minimum atomic E-state index is -0.445. The van der Waals surface area contributed by atoms with Crippen molar-refractivity contribution in [1.82, 2.24) is 5.32 Å². The molecule has 0 spiro atoms. The molecule has 0 saturated heterocycles. The summed E-state index contributed by atoms with van der Waals surface area (Å²) in [5.41, 5.74) is 1.15. The predicted octanol–water partition coefficient (Wildman–Crippen LogP) is 3.88. The summed E-state index contributed by atoms with van der Waals surface area (Å²) in [5, 5.41) is 3.22. The average molecular weight is 301 g/mol. The zero-order valence-corrected chi connectivity index (χ0v) is 13.8. The monoisotopic (exact) mass is 301 g/mol. The number of carbonyl (C=O) groups excluding carboxylic acids is 1. The number of carbonyl (C=O) groups is 1. The maximum absolute atomic E-state index is 12.4. The van der Waals surface area contributed by atoms with Crippen LogP contribution in [0.1, 0.15) is 57.9 Å². The highest BCUT2D eigenvalue weighted by Gasteiger charge is 2.40. The number of rotatable bonds is 5. The van der Waals surface area contributed by atoms with E-state index in [0.29, 0.717) is 17.9 Å². The van der Waals surface area contributed by atoms with Crippen LogP contribution in [0.4, 0.5) is 0 Å². The molecule has 0 aromatic heterocycles. The molecule has 1 aromatic carbocycles. The van der Waals surface area contributed by atoms with Gasteiger partial charge in [-0.2, -0.15) is 0 Å². The molecule has 0 unspecified atom stereocenters. The van der Waals surface area contributed by atoms with Gasteiger partial charge in [-0.15, -0.1) is 0 Å². The summed E-state index contributed by atoms with van der Waals surface area (Å²) in [4.78, 5) is 12.4. The Balaban J connectivity index is 1.60. The number of hydrogen-bond acceptors (Lipinski definition) is 2. The molecule has 2 fully saturated rings. The average Bonchev–Trinajstić information content (AvgIpc) is 3.10. The molecule has 2 aliphatic carbocycles. The van der Waals surface area contributed by atoms with Crippen molar-refractivity contribution < 1.29 is 9.53 Å². The number of ether oxygens (including phenoxy) is 1. The van der Waals surface area contributed by atoms with E-state index in [4.69, 9.17) is 4.74 Å². The minimum absolute atomic E-state index is 0.0242. The fourth-order valence-electron chi connectivity index (χ4n) is 4.03. The van der Waals surface area contributed by atoms with Gasteiger partial charge in [-0.25, -0.2) is 0 Å². The molecule has 1 N–H and O–H groups in total. The number of nitrogens with one attached hydrogen (secondary N) is 1. The standard InChI is InChI=1S/C19H27NO2/c1-12(2)16-6-4-5-7-18(16)22-13(3)19(21)20-17-11-14-8-9-15(17)10-14/h4-7,12-15,17H,8-11H2,1-3H3,(H,20,21)/t13-,14+,15+,17-/m1/s1. The van der Waals surface area contributed by atoms with Gasteiger partial charge in [0.15, 0.2) is 6.10 Å². The normalized spacial score (nSPS) is 27.9. The largest absolute Gasteiger partial charge is 0.481 e. The van der Waals surface area contributed by atoms with E-state index in [1.165, 1.54) is 19.3 Å². The van der Waals surface area contributed by atoms with Crippen LogP contribution in [0.3, 0.4) is 0 Å². The van der Waals surface area contributed by atoms with E-state index in [9.17, 15) is 4.79 Å². The van der Waals surface area contributed by atoms with Gasteiger partial charge in [0.1, 0.15) is 5.75 Å². The number of benzene rings is 1. The highest BCUT2D eigenvalue weighted by molar-refractivity contribution is 5.81. The zero-order chi connectivity index (χ0) is 15.7. The molecule has 3 nitrogen and oxygen atoms in total. The second-order valence-corrected chi connectivity index (χ2v) is 7.24. The summed E-state index contributed by atoms with van der Waals surface area (Å²) in [6.45, 7) is 6.13. The van der Waals surface area contributed by atoms with Gasteiger partial charge in [0.25, 0.3) is 5.91 Å². The molecule has 2 bridgehead atoms. The van der Waals surface area contributed by atoms with Crippen LogP contribution in [-0.4, -0.2) is 18.1 Å². The van der Waals surface area contributed by atoms with E-state index in [0.717, 1.165) is 23.7 Å². The van der Waals surface area contributed by atoms with Crippen molar-refractivity contribution in [3.63, 3.8) is 0 Å². The maximum atomic E-state index is 12.4. The third-order valence-electron chi connectivity index (χ3n) is 5.28. The summed E-state index contributed by atoms with van der Waals surface area (Å²) in [5.74, 6) is 2.78. The SMILES string of the molecule is CC(C)c1ccccc1O[C@H](C)C(=O)N[C@@H]1C[C@H]2CC[C@H]1C2. The van der Waals surface area contributed by atoms with Crippen molar-refractivity contribution >= 4 is 5.91 Å². The second kappa shape index (κ2) is 6.31. The van der Waals surface area contributed by atoms with Gasteiger partial charge in [0.05, 0.1) is 0 Å². The van der Waals surface area contributed by atoms with Crippen LogP contribution in [0.15, 0.2) is 24.3 Å². The molecule has 0 aliphatic heterocycles. The second-order valence-electron chi connectivity index (χ2n) is 7.24. The number of fused-ring (bicyclic) bond motifs is 2. The van der Waals surface area contributed by atoms with Crippen LogP contribution in [0, 0.1) is 11.8 Å². The van der Waals surface area contributed by atoms with Crippen molar-refractivity contribution in [3.8, 4) is 5.75 Å². The van der Waals surface area contributed by atoms with E-state index in [1.54, 1.807) is 0 Å². The van der Waals surface area contributed by atoms with Gasteiger partial charge in [0.2, 0.25) is 0 Å². The topological polar surface area (TPSA) is 38.3 Å². The lowest BCUT2D eigenvalue weighted by molar-refractivity contribution is -0.128. The first kappa shape index (κ1) is 15.4. The molecular weight excluding hydrogens is 274 g/mol. The van der Waals surface area contributed by atoms with Crippen LogP contribution < -0.4 is 10.1 Å². The molecule has 2 aliphatic rings. The first-order valence-electron chi connectivity index (χ1n) is 8.60. The Morgan fingerprint density at radius 3 is 2.59 bits per heavy atom. The lowest BCUT2D eigenvalue weighted by atomic mass is 9.95. The summed E-state index contributed by atoms with van der Waals surface area (Å²) in [7, 11) is 0. The van der Waals surface area contributed by atoms with Gasteiger partial charge < -0.3 is 10.1 Å². The van der Waals surface area contributed by atoms with Gasteiger partial charge in [-0.3, -0.25) is 4.79 Å². The number of hydrogen-bond donors (Lipinski definition) is 1. The molecule has 0 heterocycles. The summed E-state index contributed by atoms with van der Waals surface area (Å²) in [6.07, 6.45) is 4.65. The molecule has 2 saturated carbocycles. The highest BCUT2D eigenvalue weighted by atomic mass is 16.5. The Bertz CT molecular complexity index is 540. The smallest absolute Gasteiger partial charge is 0.261 e. The van der Waals surface area contributed by atoms with E-state index in [-0.39, 0.29) is 5.91 Å². The Morgan fingerprint density at radius 1 is 1.18 bits per heavy atom. The van der Waals surface area contributed by atoms with Crippen molar-refractivity contribution in [2.45, 2.75) is 64.5 Å². The third-order valence-corrected chi connectivity index (χ3v) is 5.28. The Morgan fingerprint density at radius 2 is 1.95 bits per heavy atom. The Hall–Kier alpha value is -1.51. The van der Waals surface area contributed by atoms with Crippen molar-refractivity contribution in [3.05, 3.63) is 29.8 Å². The van der Waals surface area contributed by atoms with Gasteiger partial charge in [-0.05, 0) is 55.6 Å². The van der Waals surface area contributed by atoms with Crippen LogP contribution in [0.25, 0.3) is 0 Å². The Kier molecular flexibility index (Phi) is 4.42. The molecule has 0 radical (unpaired) electrons. The van der Waals surface area contributed by atoms with Gasteiger partial charge in [0, 0.05) is 6.04 Å². The van der Waals surface area contributed by atoms with E-state index >= 15 is 0 Å². The zero-order valence-electron chi connectivity index (χ0n) is 13.8. The quantitative estimate of drug-likeness (QED) is 0.896. The molecule has 22 heavy (non-hydrogen) atoms. The summed E-state index contributed by atoms with van der Waals surface area (Å²) < 4.78 is 5.95. The fourth-order valence-corrected chi connectivity index (χ4v) is 4.03. The van der Waals surface area contributed by atoms with E-state index in [1.807, 2.05) is 25.1 Å². The van der Waals surface area contributed by atoms with Crippen LogP contribution in [0.5, 0.6) is 5.75 Å². The fraction of sp³-hybridized carbons (Fsp3) is 0.632. The number of para-hydroxylation sites is 1. The first-order valence-corrected chi connectivity index (χ1v) is 8.60. The first-order chi connectivity index (χ1) is 10.5. The highest BCUT2D eigenvalue weighted by Crippen LogP contribution is 2.44. The van der Waals surface area contributed by atoms with Crippen molar-refractivity contribution in [2.75, 3.05) is 0 Å². The summed E-state index contributed by atoms with van der Waals surface area (Å²) >= 11 is 0. The van der Waals surface area contributed by atoms with E-state index < -0.39 is 6.10 Å². The van der Waals surface area contributed by atoms with Crippen LogP contribution in [-0.2, 0) is 4.79 Å². The molecule has 120 valence electrons. The van der Waals surface area contributed by atoms with Crippen LogP contribution >= 0.6 is 0 Å². The van der Waals surface area contributed by atoms with E-state index in [2.05, 4.69) is 25.2 Å². The number of amides is 1. The molecular formula is C19H27NO2. The molecule has 3 heteroatoms. The lowest BCUT2D eigenvalue weighted by Crippen LogP contribution is -2.44. The molecule has 4 atom stereocenters. The predicted molar refractivity (Wildman–Crippen MR) is 88.0 cm³/mol. The molecule has 1 amide bonds. The minimum Gasteiger partial charge on any atom is -0.481 e.